The van der Waals surface area contributed by atoms with E-state index in [1.54, 1.807) is 12.4 Å². The lowest BCUT2D eigenvalue weighted by Crippen LogP contribution is -2.63. The van der Waals surface area contributed by atoms with E-state index in [-0.39, 0.29) is 29.0 Å². The van der Waals surface area contributed by atoms with Crippen molar-refractivity contribution in [2.75, 3.05) is 36.0 Å². The van der Waals surface area contributed by atoms with Crippen LogP contribution in [0.5, 0.6) is 0 Å². The number of halogens is 1. The third-order valence-corrected chi connectivity index (χ3v) is 12.0. The topological polar surface area (TPSA) is 88.4 Å². The maximum atomic E-state index is 14.4. The number of rotatable bonds is 3. The summed E-state index contributed by atoms with van der Waals surface area (Å²) in [5.74, 6) is 2.71. The highest BCUT2D eigenvalue weighted by Gasteiger charge is 2.59. The molecule has 5 heterocycles. The van der Waals surface area contributed by atoms with Crippen LogP contribution in [0.3, 0.4) is 0 Å². The lowest BCUT2D eigenvalue weighted by atomic mass is 9.48. The Hall–Kier alpha value is -3.27. The summed E-state index contributed by atoms with van der Waals surface area (Å²) in [7, 11) is 0. The average Bonchev–Trinajstić information content (AvgIpc) is 3.46. The van der Waals surface area contributed by atoms with Crippen molar-refractivity contribution in [3.63, 3.8) is 0 Å². The highest BCUT2D eigenvalue weighted by atomic mass is 19.1. The summed E-state index contributed by atoms with van der Waals surface area (Å²) in [6.45, 7) is 7.68. The number of ether oxygens (including phenoxy) is 1. The number of carbonyl (C=O) groups excluding carboxylic acids is 1. The monoisotopic (exact) mass is 587 g/mol. The minimum atomic E-state index is -0.180. The average molecular weight is 588 g/mol. The predicted molar refractivity (Wildman–Crippen MR) is 162 cm³/mol. The quantitative estimate of drug-likeness (QED) is 0.457. The standard InChI is InChI=1S/C33H42FN7O2/c1-32-13-12-27(42)38-26(32)9-7-21-22(32)11-14-33(2)23(21)8-10-28(43-33)41-20-37-29-30(35-19-36-31(29)41)40-17-15-39(16-18-40)25-6-4-3-5-24(25)34/h3-6,19-23,26,28H,7-18H2,1-2H3,(H,38,42)/t21-,22+,23+,26-,28+,32-,33+/m1/s1. The molecule has 9 nitrogen and oxygen atoms in total. The number of piperazine rings is 1. The Labute approximate surface area is 252 Å². The van der Waals surface area contributed by atoms with Gasteiger partial charge >= 0.3 is 0 Å². The van der Waals surface area contributed by atoms with Crippen molar-refractivity contribution < 1.29 is 13.9 Å². The molecule has 5 aliphatic rings. The summed E-state index contributed by atoms with van der Waals surface area (Å²) in [5, 5.41) is 3.34. The van der Waals surface area contributed by atoms with Gasteiger partial charge in [-0.1, -0.05) is 19.1 Å². The van der Waals surface area contributed by atoms with Crippen LogP contribution in [0.4, 0.5) is 15.9 Å². The molecule has 5 fully saturated rings. The maximum absolute atomic E-state index is 14.4. The number of nitrogens with one attached hydrogen (secondary N) is 1. The largest absolute Gasteiger partial charge is 0.366 e. The number of para-hydroxylation sites is 1. The van der Waals surface area contributed by atoms with Crippen molar-refractivity contribution in [1.29, 1.82) is 0 Å². The van der Waals surface area contributed by atoms with Crippen molar-refractivity contribution >= 4 is 28.6 Å². The summed E-state index contributed by atoms with van der Waals surface area (Å²) < 4.78 is 23.6. The summed E-state index contributed by atoms with van der Waals surface area (Å²) in [6.07, 6.45) is 11.6. The smallest absolute Gasteiger partial charge is 0.220 e. The van der Waals surface area contributed by atoms with Gasteiger partial charge in [0.1, 0.15) is 18.4 Å². The molecule has 1 aromatic carbocycles. The van der Waals surface area contributed by atoms with E-state index in [0.29, 0.717) is 49.0 Å². The second kappa shape index (κ2) is 10.1. The van der Waals surface area contributed by atoms with Gasteiger partial charge in [-0.05, 0) is 87.2 Å². The van der Waals surface area contributed by atoms with Crippen LogP contribution in [0.15, 0.2) is 36.9 Å². The number of imidazole rings is 1. The third kappa shape index (κ3) is 4.34. The number of piperidine rings is 1. The predicted octanol–water partition coefficient (Wildman–Crippen LogP) is 5.08. The molecule has 1 N–H and O–H groups in total. The molecule has 228 valence electrons. The molecule has 0 unspecified atom stereocenters. The molecule has 43 heavy (non-hydrogen) atoms. The van der Waals surface area contributed by atoms with Crippen molar-refractivity contribution in [2.45, 2.75) is 83.1 Å². The van der Waals surface area contributed by atoms with Gasteiger partial charge in [0, 0.05) is 38.6 Å². The Bertz CT molecular complexity index is 1540. The molecular formula is C33H42FN7O2. The Morgan fingerprint density at radius 3 is 2.58 bits per heavy atom. The van der Waals surface area contributed by atoms with Gasteiger partial charge in [0.2, 0.25) is 5.91 Å². The van der Waals surface area contributed by atoms with Crippen LogP contribution >= 0.6 is 0 Å². The molecule has 10 heteroatoms. The van der Waals surface area contributed by atoms with Gasteiger partial charge in [-0.15, -0.1) is 0 Å². The number of benzene rings is 1. The van der Waals surface area contributed by atoms with Gasteiger partial charge in [-0.25, -0.2) is 19.3 Å². The zero-order valence-corrected chi connectivity index (χ0v) is 25.2. The molecule has 0 bridgehead atoms. The SMILES string of the molecule is C[C@]12CCC(=O)N[C@@H]1CC[C@@H]1[C@@H]2CC[C@]2(C)O[C@H](n3cnc4c(N5CCN(c6ccccc6F)CC5)ncnc43)CC[C@@H]12. The van der Waals surface area contributed by atoms with E-state index >= 15 is 0 Å². The maximum Gasteiger partial charge on any atom is 0.220 e. The Morgan fingerprint density at radius 2 is 1.74 bits per heavy atom. The van der Waals surface area contributed by atoms with E-state index in [4.69, 9.17) is 9.72 Å². The first-order chi connectivity index (χ1) is 20.8. The minimum absolute atomic E-state index is 0.107. The summed E-state index contributed by atoms with van der Waals surface area (Å²) in [4.78, 5) is 30.7. The fourth-order valence-corrected chi connectivity index (χ4v) is 9.69. The van der Waals surface area contributed by atoms with Crippen molar-refractivity contribution in [3.05, 3.63) is 42.7 Å². The van der Waals surface area contributed by atoms with E-state index in [1.807, 2.05) is 18.5 Å². The second-order valence-corrected chi connectivity index (χ2v) is 14.0. The number of fused-ring (bicyclic) bond motifs is 6. The van der Waals surface area contributed by atoms with E-state index < -0.39 is 0 Å². The number of carbonyl (C=O) groups is 1. The normalized spacial score (nSPS) is 36.1. The molecule has 0 spiro atoms. The van der Waals surface area contributed by atoms with E-state index in [0.717, 1.165) is 68.6 Å². The minimum Gasteiger partial charge on any atom is -0.366 e. The molecule has 0 radical (unpaired) electrons. The Balaban J connectivity index is 0.993. The zero-order chi connectivity index (χ0) is 29.3. The van der Waals surface area contributed by atoms with Gasteiger partial charge in [-0.2, -0.15) is 0 Å². The molecular weight excluding hydrogens is 545 g/mol. The molecule has 1 amide bonds. The van der Waals surface area contributed by atoms with Gasteiger partial charge < -0.3 is 19.9 Å². The lowest BCUT2D eigenvalue weighted by Gasteiger charge is -2.62. The van der Waals surface area contributed by atoms with Crippen molar-refractivity contribution in [2.24, 2.45) is 23.2 Å². The molecule has 3 saturated heterocycles. The highest BCUT2D eigenvalue weighted by molar-refractivity contribution is 5.83. The highest BCUT2D eigenvalue weighted by Crippen LogP contribution is 2.61. The van der Waals surface area contributed by atoms with Gasteiger partial charge in [0.05, 0.1) is 17.6 Å². The van der Waals surface area contributed by atoms with Crippen molar-refractivity contribution in [1.82, 2.24) is 24.8 Å². The number of hydrogen-bond acceptors (Lipinski definition) is 7. The Kier molecular flexibility index (Phi) is 6.44. The number of nitrogens with zero attached hydrogens (tertiary/aromatic N) is 6. The zero-order valence-electron chi connectivity index (χ0n) is 25.2. The summed E-state index contributed by atoms with van der Waals surface area (Å²) in [5.41, 5.74) is 2.28. The molecule has 8 rings (SSSR count). The molecule has 2 saturated carbocycles. The molecule has 2 aliphatic carbocycles. The van der Waals surface area contributed by atoms with Crippen molar-refractivity contribution in [3.8, 4) is 0 Å². The lowest BCUT2D eigenvalue weighted by molar-refractivity contribution is -0.231. The molecule has 7 atom stereocenters. The Morgan fingerprint density at radius 1 is 0.930 bits per heavy atom. The van der Waals surface area contributed by atoms with Gasteiger partial charge in [0.25, 0.3) is 0 Å². The van der Waals surface area contributed by atoms with Crippen LogP contribution in [-0.2, 0) is 9.53 Å². The first kappa shape index (κ1) is 27.3. The first-order valence-corrected chi connectivity index (χ1v) is 16.2. The van der Waals surface area contributed by atoms with Crippen LogP contribution < -0.4 is 15.1 Å². The molecule has 3 aliphatic heterocycles. The van der Waals surface area contributed by atoms with E-state index in [1.165, 1.54) is 12.5 Å². The van der Waals surface area contributed by atoms with Crippen LogP contribution in [0.25, 0.3) is 11.2 Å². The fraction of sp³-hybridized carbons (Fsp3) is 0.636. The third-order valence-electron chi connectivity index (χ3n) is 12.0. The van der Waals surface area contributed by atoms with Gasteiger partial charge in [-0.3, -0.25) is 9.36 Å². The van der Waals surface area contributed by atoms with Crippen LogP contribution in [0.1, 0.15) is 71.4 Å². The van der Waals surface area contributed by atoms with Gasteiger partial charge in [0.15, 0.2) is 17.0 Å². The van der Waals surface area contributed by atoms with E-state index in [9.17, 15) is 9.18 Å². The molecule has 2 aromatic heterocycles. The first-order valence-electron chi connectivity index (χ1n) is 16.2. The van der Waals surface area contributed by atoms with Crippen LogP contribution in [0.2, 0.25) is 0 Å². The number of anilines is 2. The number of amides is 1. The fourth-order valence-electron chi connectivity index (χ4n) is 9.69. The van der Waals surface area contributed by atoms with Crippen LogP contribution in [0, 0.1) is 29.0 Å². The van der Waals surface area contributed by atoms with Crippen LogP contribution in [-0.4, -0.2) is 63.2 Å². The number of hydrogen-bond donors (Lipinski definition) is 1. The number of aromatic nitrogens is 4. The second-order valence-electron chi connectivity index (χ2n) is 14.0. The summed E-state index contributed by atoms with van der Waals surface area (Å²) >= 11 is 0. The summed E-state index contributed by atoms with van der Waals surface area (Å²) in [6, 6.07) is 7.30. The van der Waals surface area contributed by atoms with E-state index in [2.05, 4.69) is 43.5 Å². The molecule has 3 aromatic rings.